The second-order valence-corrected chi connectivity index (χ2v) is 11.2. The monoisotopic (exact) mass is 534 g/mol. The van der Waals surface area contributed by atoms with Crippen LogP contribution in [0, 0.1) is 13.8 Å². The minimum absolute atomic E-state index is 0.310. The molecule has 1 N–H and O–H groups in total. The Morgan fingerprint density at radius 1 is 1.14 bits per heavy atom. The standard InChI is InChI=1S/C25H28Cl2N4O3S/c1-16(2)19-9-11-21(12-10-19)30(35(5,33)34)15-24(32)29-28-14-20-13-17(3)31(18(20)4)23-8-6-7-22(26)25(23)27/h6-14,16H,15H2,1-5H3,(H,29,32)/b28-14-. The fourth-order valence-corrected chi connectivity index (χ4v) is 4.96. The van der Waals surface area contributed by atoms with E-state index in [1.165, 1.54) is 6.21 Å². The fraction of sp³-hybridized carbons (Fsp3) is 0.280. The van der Waals surface area contributed by atoms with Gasteiger partial charge in [-0.05, 0) is 55.7 Å². The molecule has 0 aliphatic carbocycles. The molecule has 3 aromatic rings. The summed E-state index contributed by atoms with van der Waals surface area (Å²) in [7, 11) is -3.68. The van der Waals surface area contributed by atoms with Crippen molar-refractivity contribution in [2.45, 2.75) is 33.6 Å². The van der Waals surface area contributed by atoms with E-state index in [1.54, 1.807) is 18.2 Å². The summed E-state index contributed by atoms with van der Waals surface area (Å²) in [6.45, 7) is 7.54. The summed E-state index contributed by atoms with van der Waals surface area (Å²) >= 11 is 12.6. The van der Waals surface area contributed by atoms with E-state index in [1.807, 2.05) is 48.7 Å². The van der Waals surface area contributed by atoms with Crippen LogP contribution in [0.2, 0.25) is 10.0 Å². The van der Waals surface area contributed by atoms with Crippen molar-refractivity contribution < 1.29 is 13.2 Å². The van der Waals surface area contributed by atoms with Gasteiger partial charge in [0.25, 0.3) is 5.91 Å². The minimum atomic E-state index is -3.68. The topological polar surface area (TPSA) is 83.8 Å². The minimum Gasteiger partial charge on any atom is -0.316 e. The van der Waals surface area contributed by atoms with Crippen LogP contribution in [0.4, 0.5) is 5.69 Å². The van der Waals surface area contributed by atoms with Crippen LogP contribution in [-0.4, -0.2) is 37.9 Å². The molecule has 186 valence electrons. The van der Waals surface area contributed by atoms with Gasteiger partial charge in [0.15, 0.2) is 0 Å². The first-order valence-corrected chi connectivity index (χ1v) is 13.5. The Balaban J connectivity index is 1.76. The van der Waals surface area contributed by atoms with Gasteiger partial charge in [0.2, 0.25) is 10.0 Å². The van der Waals surface area contributed by atoms with Crippen LogP contribution < -0.4 is 9.73 Å². The van der Waals surface area contributed by atoms with Crippen LogP contribution in [0.3, 0.4) is 0 Å². The zero-order chi connectivity index (χ0) is 25.9. The SMILES string of the molecule is Cc1cc(/C=N\NC(=O)CN(c2ccc(C(C)C)cc2)S(C)(=O)=O)c(C)n1-c1cccc(Cl)c1Cl. The molecular formula is C25H28Cl2N4O3S. The smallest absolute Gasteiger partial charge is 0.260 e. The summed E-state index contributed by atoms with van der Waals surface area (Å²) in [5.41, 5.74) is 7.18. The Bertz CT molecular complexity index is 1360. The summed E-state index contributed by atoms with van der Waals surface area (Å²) in [4.78, 5) is 12.5. The Hall–Kier alpha value is -2.81. The molecule has 0 unspecified atom stereocenters. The maximum atomic E-state index is 12.5. The largest absolute Gasteiger partial charge is 0.316 e. The molecule has 35 heavy (non-hydrogen) atoms. The van der Waals surface area contributed by atoms with Gasteiger partial charge in [0, 0.05) is 17.0 Å². The fourth-order valence-electron chi connectivity index (χ4n) is 3.72. The number of aromatic nitrogens is 1. The molecule has 0 spiro atoms. The highest BCUT2D eigenvalue weighted by atomic mass is 35.5. The molecule has 2 aromatic carbocycles. The van der Waals surface area contributed by atoms with Gasteiger partial charge in [-0.3, -0.25) is 9.10 Å². The second-order valence-electron chi connectivity index (χ2n) is 8.54. The third-order valence-corrected chi connectivity index (χ3v) is 7.52. The van der Waals surface area contributed by atoms with Gasteiger partial charge in [0.1, 0.15) is 6.54 Å². The van der Waals surface area contributed by atoms with Crippen LogP contribution >= 0.6 is 23.2 Å². The summed E-state index contributed by atoms with van der Waals surface area (Å²) in [5, 5.41) is 4.93. The van der Waals surface area contributed by atoms with Crippen LogP contribution in [-0.2, 0) is 14.8 Å². The molecule has 0 fully saturated rings. The summed E-state index contributed by atoms with van der Waals surface area (Å²) in [5.74, 6) is -0.253. The number of amides is 1. The van der Waals surface area contributed by atoms with Crippen molar-refractivity contribution in [1.29, 1.82) is 0 Å². The van der Waals surface area contributed by atoms with E-state index >= 15 is 0 Å². The molecule has 0 bridgehead atoms. The molecule has 0 aliphatic heterocycles. The maximum Gasteiger partial charge on any atom is 0.260 e. The predicted octanol–water partition coefficient (Wildman–Crippen LogP) is 5.44. The molecule has 1 heterocycles. The number of carbonyl (C=O) groups excluding carboxylic acids is 1. The highest BCUT2D eigenvalue weighted by molar-refractivity contribution is 7.92. The average Bonchev–Trinajstić information content (AvgIpc) is 3.06. The molecule has 0 saturated heterocycles. The van der Waals surface area contributed by atoms with Crippen LogP contribution in [0.15, 0.2) is 53.6 Å². The molecule has 0 atom stereocenters. The molecule has 0 radical (unpaired) electrons. The van der Waals surface area contributed by atoms with E-state index in [4.69, 9.17) is 23.2 Å². The van der Waals surface area contributed by atoms with E-state index < -0.39 is 22.5 Å². The molecule has 1 amide bonds. The van der Waals surface area contributed by atoms with E-state index in [9.17, 15) is 13.2 Å². The Morgan fingerprint density at radius 2 is 1.80 bits per heavy atom. The highest BCUT2D eigenvalue weighted by Crippen LogP contribution is 2.31. The van der Waals surface area contributed by atoms with Gasteiger partial charge in [-0.15, -0.1) is 0 Å². The first-order chi connectivity index (χ1) is 16.4. The van der Waals surface area contributed by atoms with Gasteiger partial charge in [-0.25, -0.2) is 13.8 Å². The third kappa shape index (κ3) is 6.25. The van der Waals surface area contributed by atoms with Crippen LogP contribution in [0.25, 0.3) is 5.69 Å². The number of nitrogens with one attached hydrogen (secondary N) is 1. The lowest BCUT2D eigenvalue weighted by atomic mass is 10.0. The number of hydrogen-bond acceptors (Lipinski definition) is 4. The van der Waals surface area contributed by atoms with Crippen molar-refractivity contribution in [3.8, 4) is 5.69 Å². The number of aryl methyl sites for hydroxylation is 1. The zero-order valence-electron chi connectivity index (χ0n) is 20.2. The summed E-state index contributed by atoms with van der Waals surface area (Å²) < 4.78 is 27.7. The molecule has 7 nitrogen and oxygen atoms in total. The molecule has 0 aliphatic rings. The summed E-state index contributed by atoms with van der Waals surface area (Å²) in [6.07, 6.45) is 2.58. The second kappa shape index (κ2) is 10.8. The van der Waals surface area contributed by atoms with Crippen molar-refractivity contribution in [2.75, 3.05) is 17.1 Å². The van der Waals surface area contributed by atoms with Gasteiger partial charge < -0.3 is 4.57 Å². The lowest BCUT2D eigenvalue weighted by Gasteiger charge is -2.21. The number of halogens is 2. The predicted molar refractivity (Wildman–Crippen MR) is 144 cm³/mol. The van der Waals surface area contributed by atoms with Gasteiger partial charge in [-0.1, -0.05) is 55.2 Å². The number of hydrogen-bond donors (Lipinski definition) is 1. The normalized spacial score (nSPS) is 11.9. The molecule has 1 aromatic heterocycles. The van der Waals surface area contributed by atoms with Crippen molar-refractivity contribution in [3.63, 3.8) is 0 Å². The van der Waals surface area contributed by atoms with Crippen LogP contribution in [0.1, 0.15) is 42.3 Å². The van der Waals surface area contributed by atoms with Crippen LogP contribution in [0.5, 0.6) is 0 Å². The lowest BCUT2D eigenvalue weighted by molar-refractivity contribution is -0.119. The molecule has 3 rings (SSSR count). The molecule has 0 saturated carbocycles. The van der Waals surface area contributed by atoms with Crippen molar-refractivity contribution >= 4 is 51.0 Å². The van der Waals surface area contributed by atoms with E-state index in [0.29, 0.717) is 21.7 Å². The van der Waals surface area contributed by atoms with Crippen molar-refractivity contribution in [3.05, 3.63) is 81.1 Å². The van der Waals surface area contributed by atoms with E-state index in [2.05, 4.69) is 24.4 Å². The Morgan fingerprint density at radius 3 is 2.40 bits per heavy atom. The number of hydrazone groups is 1. The number of sulfonamides is 1. The molecular weight excluding hydrogens is 507 g/mol. The van der Waals surface area contributed by atoms with Gasteiger partial charge >= 0.3 is 0 Å². The first-order valence-electron chi connectivity index (χ1n) is 10.9. The average molecular weight is 535 g/mol. The first kappa shape index (κ1) is 26.8. The van der Waals surface area contributed by atoms with E-state index in [-0.39, 0.29) is 0 Å². The lowest BCUT2D eigenvalue weighted by Crippen LogP contribution is -2.39. The zero-order valence-corrected chi connectivity index (χ0v) is 22.5. The molecule has 10 heteroatoms. The van der Waals surface area contributed by atoms with E-state index in [0.717, 1.165) is 38.8 Å². The van der Waals surface area contributed by atoms with Gasteiger partial charge in [-0.2, -0.15) is 5.10 Å². The van der Waals surface area contributed by atoms with Crippen molar-refractivity contribution in [2.24, 2.45) is 5.10 Å². The van der Waals surface area contributed by atoms with Crippen molar-refractivity contribution in [1.82, 2.24) is 9.99 Å². The number of anilines is 1. The Labute approximate surface area is 216 Å². The number of carbonyl (C=O) groups is 1. The number of rotatable bonds is 8. The Kier molecular flexibility index (Phi) is 8.30. The maximum absolute atomic E-state index is 12.5. The highest BCUT2D eigenvalue weighted by Gasteiger charge is 2.21. The summed E-state index contributed by atoms with van der Waals surface area (Å²) in [6, 6.07) is 14.4. The number of benzene rings is 2. The third-order valence-electron chi connectivity index (χ3n) is 5.57. The number of nitrogens with zero attached hydrogens (tertiary/aromatic N) is 3. The quantitative estimate of drug-likeness (QED) is 0.308. The van der Waals surface area contributed by atoms with Gasteiger partial charge in [0.05, 0.1) is 33.9 Å².